The summed E-state index contributed by atoms with van der Waals surface area (Å²) in [4.78, 5) is 29.5. The largest absolute Gasteiger partial charge is 0.478 e. The van der Waals surface area contributed by atoms with Crippen molar-refractivity contribution in [3.05, 3.63) is 88.6 Å². The minimum absolute atomic E-state index is 0.131. The topological polar surface area (TPSA) is 161 Å². The summed E-state index contributed by atoms with van der Waals surface area (Å²) in [6.45, 7) is 8.78. The van der Waals surface area contributed by atoms with Crippen LogP contribution in [0.15, 0.2) is 59.6 Å². The van der Waals surface area contributed by atoms with Crippen LogP contribution >= 0.6 is 0 Å². The molecule has 0 saturated heterocycles. The second-order valence-electron chi connectivity index (χ2n) is 14.8. The molecule has 0 amide bonds. The summed E-state index contributed by atoms with van der Waals surface area (Å²) in [5.74, 6) is -1.59. The lowest BCUT2D eigenvalue weighted by atomic mass is 9.99. The number of aryl methyl sites for hydroxylation is 3. The van der Waals surface area contributed by atoms with E-state index in [9.17, 15) is 18.3 Å². The molecule has 2 aromatic carbocycles. The molecular formula is C38H42FN7O5S. The zero-order valence-electron chi connectivity index (χ0n) is 29.8. The number of halogens is 1. The van der Waals surface area contributed by atoms with Crippen molar-refractivity contribution < 1.29 is 27.4 Å². The molecule has 2 aliphatic carbocycles. The highest BCUT2D eigenvalue weighted by atomic mass is 32.2. The average molecular weight is 728 g/mol. The Balaban J connectivity index is 1.15. The van der Waals surface area contributed by atoms with E-state index >= 15 is 4.39 Å². The van der Waals surface area contributed by atoms with Gasteiger partial charge in [-0.1, -0.05) is 38.1 Å². The van der Waals surface area contributed by atoms with Gasteiger partial charge >= 0.3 is 5.97 Å². The van der Waals surface area contributed by atoms with Gasteiger partial charge in [0, 0.05) is 36.7 Å². The Labute approximate surface area is 302 Å². The van der Waals surface area contributed by atoms with Crippen molar-refractivity contribution in [3.63, 3.8) is 0 Å². The third-order valence-electron chi connectivity index (χ3n) is 10.3. The van der Waals surface area contributed by atoms with E-state index < -0.39 is 16.0 Å². The SMILES string of the molecule is Cc1cccc(C)c1-c1cc(OCC(CC2(C)CC2)NCc2cnc3c(F)c(C4(C)CC4)n(C)c3n2)nc(NS(=O)(=O)c2cccc(C(=O)O)c2)n1. The van der Waals surface area contributed by atoms with Gasteiger partial charge in [-0.25, -0.2) is 37.3 Å². The van der Waals surface area contributed by atoms with E-state index in [1.54, 1.807) is 12.3 Å². The number of carbonyl (C=O) groups is 1. The van der Waals surface area contributed by atoms with Crippen molar-refractivity contribution in [2.24, 2.45) is 12.5 Å². The molecule has 1 atom stereocenters. The maximum absolute atomic E-state index is 15.3. The molecule has 1 unspecified atom stereocenters. The number of sulfonamides is 1. The summed E-state index contributed by atoms with van der Waals surface area (Å²) in [5.41, 5.74) is 5.10. The first-order valence-electron chi connectivity index (χ1n) is 17.3. The quantitative estimate of drug-likeness (QED) is 0.116. The number of benzene rings is 2. The van der Waals surface area contributed by atoms with Crippen molar-refractivity contribution >= 4 is 33.1 Å². The molecule has 2 aliphatic rings. The molecule has 14 heteroatoms. The standard InChI is InChI=1S/C38H42FN7O5S/c1-22-8-6-9-23(2)30(22)28-17-29(44-36(43-28)45-52(49,50)27-11-7-10-24(16-27)35(47)48)51-21-25(18-37(3)12-13-37)40-19-26-20-41-32-31(39)33(38(4)14-15-38)46(5)34(32)42-26/h6-11,16-17,20,25,40H,12-15,18-19,21H2,1-5H3,(H,47,48)(H,43,44,45). The lowest BCUT2D eigenvalue weighted by Gasteiger charge is -2.22. The number of nitrogens with zero attached hydrogens (tertiary/aromatic N) is 5. The number of ether oxygens (including phenoxy) is 1. The fourth-order valence-electron chi connectivity index (χ4n) is 6.85. The summed E-state index contributed by atoms with van der Waals surface area (Å²) in [7, 11) is -2.42. The van der Waals surface area contributed by atoms with Crippen LogP contribution in [0.3, 0.4) is 0 Å². The number of aromatic carboxylic acids is 1. The molecule has 2 fully saturated rings. The number of carboxylic acid groups (broad SMARTS) is 1. The highest BCUT2D eigenvalue weighted by Crippen LogP contribution is 2.50. The number of hydrogen-bond donors (Lipinski definition) is 3. The van der Waals surface area contributed by atoms with E-state index in [0.29, 0.717) is 29.3 Å². The summed E-state index contributed by atoms with van der Waals surface area (Å²) >= 11 is 0. The average Bonchev–Trinajstić information content (AvgIpc) is 4.01. The molecule has 3 aromatic heterocycles. The van der Waals surface area contributed by atoms with Gasteiger partial charge in [-0.05, 0) is 80.7 Å². The Bertz CT molecular complexity index is 2300. The summed E-state index contributed by atoms with van der Waals surface area (Å²) in [6, 6.07) is 12.4. The molecule has 12 nitrogen and oxygen atoms in total. The predicted molar refractivity (Wildman–Crippen MR) is 194 cm³/mol. The molecule has 52 heavy (non-hydrogen) atoms. The Hall–Kier alpha value is -4.95. The molecule has 272 valence electrons. The molecule has 0 bridgehead atoms. The van der Waals surface area contributed by atoms with Gasteiger partial charge in [-0.2, -0.15) is 4.98 Å². The Kier molecular flexibility index (Phi) is 9.02. The van der Waals surface area contributed by atoms with Crippen LogP contribution < -0.4 is 14.8 Å². The van der Waals surface area contributed by atoms with Gasteiger partial charge in [0.2, 0.25) is 11.8 Å². The maximum Gasteiger partial charge on any atom is 0.335 e. The van der Waals surface area contributed by atoms with E-state index in [1.165, 1.54) is 18.2 Å². The van der Waals surface area contributed by atoms with Crippen molar-refractivity contribution in [1.82, 2.24) is 29.8 Å². The van der Waals surface area contributed by atoms with Crippen LogP contribution in [0, 0.1) is 25.1 Å². The Morgan fingerprint density at radius 1 is 1.04 bits per heavy atom. The Morgan fingerprint density at radius 2 is 1.75 bits per heavy atom. The normalized spacial score (nSPS) is 16.4. The number of hydrogen-bond acceptors (Lipinski definition) is 9. The van der Waals surface area contributed by atoms with Gasteiger partial charge in [0.15, 0.2) is 11.5 Å². The van der Waals surface area contributed by atoms with Crippen LogP contribution in [0.4, 0.5) is 10.3 Å². The fourth-order valence-corrected chi connectivity index (χ4v) is 7.84. The number of carboxylic acids is 1. The van der Waals surface area contributed by atoms with Gasteiger partial charge in [-0.3, -0.25) is 0 Å². The third kappa shape index (κ3) is 7.22. The van der Waals surface area contributed by atoms with Crippen LogP contribution in [0.2, 0.25) is 0 Å². The van der Waals surface area contributed by atoms with E-state index in [1.807, 2.05) is 43.7 Å². The molecule has 3 N–H and O–H groups in total. The second-order valence-corrected chi connectivity index (χ2v) is 16.5. The minimum Gasteiger partial charge on any atom is -0.478 e. The highest BCUT2D eigenvalue weighted by molar-refractivity contribution is 7.92. The van der Waals surface area contributed by atoms with Crippen molar-refractivity contribution in [2.45, 2.75) is 82.7 Å². The summed E-state index contributed by atoms with van der Waals surface area (Å²) in [6.07, 6.45) is 6.50. The zero-order valence-corrected chi connectivity index (χ0v) is 30.6. The van der Waals surface area contributed by atoms with Crippen LogP contribution in [0.25, 0.3) is 22.4 Å². The molecule has 7 rings (SSSR count). The zero-order chi connectivity index (χ0) is 37.0. The molecule has 5 aromatic rings. The van der Waals surface area contributed by atoms with Crippen molar-refractivity contribution in [1.29, 1.82) is 0 Å². The third-order valence-corrected chi connectivity index (χ3v) is 11.7. The first-order chi connectivity index (χ1) is 24.6. The van der Waals surface area contributed by atoms with E-state index in [-0.39, 0.29) is 57.1 Å². The van der Waals surface area contributed by atoms with Gasteiger partial charge in [0.1, 0.15) is 12.1 Å². The molecule has 3 heterocycles. The number of aromatic nitrogens is 5. The number of fused-ring (bicyclic) bond motifs is 1. The lowest BCUT2D eigenvalue weighted by molar-refractivity contribution is 0.0696. The maximum atomic E-state index is 15.3. The number of anilines is 1. The summed E-state index contributed by atoms with van der Waals surface area (Å²) in [5, 5.41) is 13.0. The monoisotopic (exact) mass is 727 g/mol. The van der Waals surface area contributed by atoms with Crippen LogP contribution in [0.5, 0.6) is 5.88 Å². The number of rotatable bonds is 14. The van der Waals surface area contributed by atoms with Gasteiger partial charge < -0.3 is 19.7 Å². The van der Waals surface area contributed by atoms with Gasteiger partial charge in [0.05, 0.1) is 33.7 Å². The Morgan fingerprint density at radius 3 is 2.42 bits per heavy atom. The molecule has 0 radical (unpaired) electrons. The van der Waals surface area contributed by atoms with Crippen LogP contribution in [-0.4, -0.2) is 56.6 Å². The van der Waals surface area contributed by atoms with Crippen molar-refractivity contribution in [3.8, 4) is 17.1 Å². The van der Waals surface area contributed by atoms with E-state index in [4.69, 9.17) is 9.72 Å². The lowest BCUT2D eigenvalue weighted by Crippen LogP contribution is -2.36. The van der Waals surface area contributed by atoms with Crippen LogP contribution in [0.1, 0.15) is 78.8 Å². The van der Waals surface area contributed by atoms with E-state index in [0.717, 1.165) is 54.9 Å². The summed E-state index contributed by atoms with van der Waals surface area (Å²) < 4.78 is 52.8. The molecular weight excluding hydrogens is 686 g/mol. The smallest absolute Gasteiger partial charge is 0.335 e. The minimum atomic E-state index is -4.26. The molecule has 0 spiro atoms. The van der Waals surface area contributed by atoms with Gasteiger partial charge in [-0.15, -0.1) is 0 Å². The van der Waals surface area contributed by atoms with Crippen molar-refractivity contribution in [2.75, 3.05) is 11.3 Å². The number of nitrogens with one attached hydrogen (secondary N) is 2. The predicted octanol–water partition coefficient (Wildman–Crippen LogP) is 6.46. The highest BCUT2D eigenvalue weighted by Gasteiger charge is 2.45. The fraction of sp³-hybridized carbons (Fsp3) is 0.395. The van der Waals surface area contributed by atoms with Gasteiger partial charge in [0.25, 0.3) is 10.0 Å². The second kappa shape index (κ2) is 13.2. The van der Waals surface area contributed by atoms with Crippen LogP contribution in [-0.2, 0) is 29.0 Å². The van der Waals surface area contributed by atoms with E-state index in [2.05, 4.69) is 38.8 Å². The molecule has 0 aliphatic heterocycles. The first kappa shape index (κ1) is 35.5. The molecule has 2 saturated carbocycles. The first-order valence-corrected chi connectivity index (χ1v) is 18.8.